The quantitative estimate of drug-likeness (QED) is 0.194. The van der Waals surface area contributed by atoms with Crippen LogP contribution in [0.4, 0.5) is 5.69 Å². The summed E-state index contributed by atoms with van der Waals surface area (Å²) in [5, 5.41) is 0. The second-order valence-electron chi connectivity index (χ2n) is 11.8. The maximum atomic E-state index is 5.15. The van der Waals surface area contributed by atoms with Crippen molar-refractivity contribution in [1.29, 1.82) is 0 Å². The second-order valence-corrected chi connectivity index (χ2v) is 11.8. The van der Waals surface area contributed by atoms with Gasteiger partial charge in [0.1, 0.15) is 0 Å². The molecule has 3 heterocycles. The molecule has 9 rings (SSSR count). The summed E-state index contributed by atoms with van der Waals surface area (Å²) in [6.45, 7) is 0.0628. The zero-order chi connectivity index (χ0) is 30.5. The Bertz CT molecular complexity index is 2210. The van der Waals surface area contributed by atoms with Gasteiger partial charge < -0.3 is 4.81 Å². The summed E-state index contributed by atoms with van der Waals surface area (Å²) < 4.78 is 0. The molecule has 3 nitrogen and oxygen atoms in total. The molecule has 0 aliphatic carbocycles. The zero-order valence-electron chi connectivity index (χ0n) is 25.1. The lowest BCUT2D eigenvalue weighted by molar-refractivity contribution is 1.18. The van der Waals surface area contributed by atoms with Crippen LogP contribution in [0.25, 0.3) is 62.2 Å². The molecule has 0 radical (unpaired) electrons. The number of benzene rings is 6. The van der Waals surface area contributed by atoms with Gasteiger partial charge in [-0.3, -0.25) is 0 Å². The predicted molar refractivity (Wildman–Crippen MR) is 192 cm³/mol. The van der Waals surface area contributed by atoms with Gasteiger partial charge in [0.2, 0.25) is 0 Å². The zero-order valence-corrected chi connectivity index (χ0v) is 25.1. The van der Waals surface area contributed by atoms with Crippen molar-refractivity contribution in [2.45, 2.75) is 0 Å². The van der Waals surface area contributed by atoms with Crippen LogP contribution in [-0.2, 0) is 0 Å². The summed E-state index contributed by atoms with van der Waals surface area (Å²) in [5.41, 5.74) is 15.0. The van der Waals surface area contributed by atoms with Gasteiger partial charge in [0, 0.05) is 27.9 Å². The molecule has 0 saturated carbocycles. The molecule has 0 N–H and O–H groups in total. The normalized spacial score (nSPS) is 12.6. The number of nitrogens with zero attached hydrogens (tertiary/aromatic N) is 3. The van der Waals surface area contributed by atoms with Crippen LogP contribution in [-0.4, -0.2) is 16.8 Å². The van der Waals surface area contributed by atoms with Crippen molar-refractivity contribution in [1.82, 2.24) is 9.97 Å². The Balaban J connectivity index is 1.28. The van der Waals surface area contributed by atoms with Gasteiger partial charge in [0.25, 0.3) is 0 Å². The first kappa shape index (κ1) is 26.4. The van der Waals surface area contributed by atoms with E-state index in [2.05, 4.69) is 151 Å². The molecule has 0 fully saturated rings. The van der Waals surface area contributed by atoms with Crippen molar-refractivity contribution < 1.29 is 0 Å². The molecule has 6 aromatic carbocycles. The van der Waals surface area contributed by atoms with E-state index in [1.165, 1.54) is 44.4 Å². The first-order valence-electron chi connectivity index (χ1n) is 15.7. The molecule has 0 amide bonds. The molecule has 0 bridgehead atoms. The van der Waals surface area contributed by atoms with Crippen LogP contribution >= 0.6 is 0 Å². The summed E-state index contributed by atoms with van der Waals surface area (Å²) >= 11 is 0. The lowest BCUT2D eigenvalue weighted by atomic mass is 9.44. The molecule has 0 saturated heterocycles. The van der Waals surface area contributed by atoms with E-state index < -0.39 is 0 Å². The van der Waals surface area contributed by atoms with Crippen molar-refractivity contribution in [2.75, 3.05) is 4.81 Å². The van der Waals surface area contributed by atoms with Gasteiger partial charge in [-0.2, -0.15) is 0 Å². The number of rotatable bonds is 4. The molecule has 0 unspecified atom stereocenters. The Morgan fingerprint density at radius 1 is 0.457 bits per heavy atom. The highest BCUT2D eigenvalue weighted by Gasteiger charge is 2.39. The first-order valence-corrected chi connectivity index (χ1v) is 15.7. The highest BCUT2D eigenvalue weighted by molar-refractivity contribution is 6.91. The molecule has 0 atom stereocenters. The average molecular weight is 586 g/mol. The summed E-state index contributed by atoms with van der Waals surface area (Å²) in [6, 6.07) is 55.8. The highest BCUT2D eigenvalue weighted by atomic mass is 15.1. The number of aromatic nitrogens is 2. The summed E-state index contributed by atoms with van der Waals surface area (Å²) in [4.78, 5) is 12.6. The van der Waals surface area contributed by atoms with Crippen molar-refractivity contribution in [3.63, 3.8) is 0 Å². The van der Waals surface area contributed by atoms with Gasteiger partial charge >= 0.3 is 6.85 Å². The smallest absolute Gasteiger partial charge is 0.328 e. The molecule has 4 heteroatoms. The van der Waals surface area contributed by atoms with Gasteiger partial charge in [-0.1, -0.05) is 146 Å². The van der Waals surface area contributed by atoms with Crippen LogP contribution in [0.15, 0.2) is 164 Å². The molecule has 7 aromatic rings. The first-order chi connectivity index (χ1) is 22.8. The van der Waals surface area contributed by atoms with E-state index in [1.54, 1.807) is 0 Å². The van der Waals surface area contributed by atoms with Gasteiger partial charge in [0.05, 0.1) is 11.4 Å². The lowest BCUT2D eigenvalue weighted by Gasteiger charge is -2.40. The minimum atomic E-state index is 0.0628. The van der Waals surface area contributed by atoms with Crippen molar-refractivity contribution in [2.24, 2.45) is 0 Å². The number of hydrogen-bond acceptors (Lipinski definition) is 3. The minimum Gasteiger partial charge on any atom is -0.382 e. The molecule has 214 valence electrons. The Hall–Kier alpha value is -6.00. The lowest BCUT2D eigenvalue weighted by Crippen LogP contribution is -2.59. The SMILES string of the molecule is C1=CN2B(c3ccccc31)c1cccc(-c3ccccc3)c1-c1ccc(-c3cc(-c4ccccc4)nc(-c4ccccc4)n3)cc12. The van der Waals surface area contributed by atoms with E-state index >= 15 is 0 Å². The molecular weight excluding hydrogens is 557 g/mol. The van der Waals surface area contributed by atoms with Crippen LogP contribution < -0.4 is 15.7 Å². The van der Waals surface area contributed by atoms with Gasteiger partial charge in [-0.15, -0.1) is 0 Å². The third kappa shape index (κ3) is 4.38. The molecule has 1 aromatic heterocycles. The van der Waals surface area contributed by atoms with E-state index in [0.717, 1.165) is 33.9 Å². The topological polar surface area (TPSA) is 29.0 Å². The average Bonchev–Trinajstić information content (AvgIpc) is 3.15. The fraction of sp³-hybridized carbons (Fsp3) is 0. The van der Waals surface area contributed by atoms with E-state index in [4.69, 9.17) is 9.97 Å². The van der Waals surface area contributed by atoms with Crippen molar-refractivity contribution >= 4 is 29.5 Å². The second kappa shape index (κ2) is 10.9. The third-order valence-electron chi connectivity index (χ3n) is 9.13. The number of hydrogen-bond donors (Lipinski definition) is 0. The van der Waals surface area contributed by atoms with Gasteiger partial charge in [-0.25, -0.2) is 9.97 Å². The van der Waals surface area contributed by atoms with E-state index in [1.807, 2.05) is 24.3 Å². The predicted octanol–water partition coefficient (Wildman–Crippen LogP) is 8.72. The monoisotopic (exact) mass is 585 g/mol. The molecule has 2 aliphatic heterocycles. The highest BCUT2D eigenvalue weighted by Crippen LogP contribution is 2.43. The Morgan fingerprint density at radius 2 is 1.09 bits per heavy atom. The Kier molecular flexibility index (Phi) is 6.24. The summed E-state index contributed by atoms with van der Waals surface area (Å²) in [7, 11) is 0. The van der Waals surface area contributed by atoms with Crippen molar-refractivity contribution in [3.05, 3.63) is 169 Å². The molecule has 2 aliphatic rings. The maximum absolute atomic E-state index is 5.15. The van der Waals surface area contributed by atoms with E-state index in [-0.39, 0.29) is 6.85 Å². The van der Waals surface area contributed by atoms with Crippen LogP contribution in [0.1, 0.15) is 5.56 Å². The van der Waals surface area contributed by atoms with Crippen LogP contribution in [0.5, 0.6) is 0 Å². The maximum Gasteiger partial charge on any atom is 0.328 e. The van der Waals surface area contributed by atoms with Crippen LogP contribution in [0.3, 0.4) is 0 Å². The summed E-state index contributed by atoms with van der Waals surface area (Å²) in [5.74, 6) is 0.719. The largest absolute Gasteiger partial charge is 0.382 e. The van der Waals surface area contributed by atoms with Crippen molar-refractivity contribution in [3.8, 4) is 56.2 Å². The minimum absolute atomic E-state index is 0.0628. The number of anilines is 1. The molecule has 0 spiro atoms. The van der Waals surface area contributed by atoms with Crippen LogP contribution in [0.2, 0.25) is 0 Å². The Labute approximate surface area is 269 Å². The van der Waals surface area contributed by atoms with Gasteiger partial charge in [-0.05, 0) is 57.6 Å². The fourth-order valence-corrected chi connectivity index (χ4v) is 6.99. The standard InChI is InChI=1S/C42H28BN3/c1-4-13-29(14-5-1)34-20-12-22-37-41(34)35-24-23-33(27-40(35)46-26-25-30-15-10-11-21-36(30)43(37)46)39-28-38(31-16-6-2-7-17-31)44-42(45-39)32-18-8-3-9-19-32/h1-28H. The van der Waals surface area contributed by atoms with E-state index in [0.29, 0.717) is 0 Å². The molecular formula is C42H28BN3. The fourth-order valence-electron chi connectivity index (χ4n) is 6.99. The van der Waals surface area contributed by atoms with Crippen LogP contribution in [0, 0.1) is 0 Å². The molecule has 46 heavy (non-hydrogen) atoms. The van der Waals surface area contributed by atoms with Gasteiger partial charge in [0.15, 0.2) is 5.82 Å². The Morgan fingerprint density at radius 3 is 1.85 bits per heavy atom. The van der Waals surface area contributed by atoms with E-state index in [9.17, 15) is 0 Å². The number of fused-ring (bicyclic) bond motifs is 8. The third-order valence-corrected chi connectivity index (χ3v) is 9.13. The summed E-state index contributed by atoms with van der Waals surface area (Å²) in [6.07, 6.45) is 4.48.